The third-order valence-electron chi connectivity index (χ3n) is 5.19. The first kappa shape index (κ1) is 26.3. The second kappa shape index (κ2) is 12.4. The van der Waals surface area contributed by atoms with Gasteiger partial charge in [-0.2, -0.15) is 0 Å². The average Bonchev–Trinajstić information content (AvgIpc) is 2.88. The van der Waals surface area contributed by atoms with Gasteiger partial charge in [0.05, 0.1) is 30.5 Å². The maximum absolute atomic E-state index is 13.3. The Morgan fingerprint density at radius 2 is 1.29 bits per heavy atom. The van der Waals surface area contributed by atoms with E-state index in [0.717, 1.165) is 16.7 Å². The van der Waals surface area contributed by atoms with E-state index in [4.69, 9.17) is 19.3 Å². The second-order valence-electron chi connectivity index (χ2n) is 7.67. The van der Waals surface area contributed by atoms with Gasteiger partial charge in [0.25, 0.3) is 0 Å². The predicted octanol–water partition coefficient (Wildman–Crippen LogP) is 5.43. The first-order chi connectivity index (χ1) is 16.3. The molecular weight excluding hydrogens is 473 g/mol. The molecule has 0 saturated heterocycles. The molecule has 0 aromatic heterocycles. The van der Waals surface area contributed by atoms with E-state index in [1.165, 1.54) is 0 Å². The van der Waals surface area contributed by atoms with Crippen LogP contribution in [-0.2, 0) is 41.2 Å². The number of hydrogen-bond acceptors (Lipinski definition) is 7. The molecule has 34 heavy (non-hydrogen) atoms. The quantitative estimate of drug-likeness (QED) is 0.310. The fourth-order valence-corrected chi connectivity index (χ4v) is 5.17. The summed E-state index contributed by atoms with van der Waals surface area (Å²) in [7, 11) is -7.14. The minimum absolute atomic E-state index is 0.0352. The van der Waals surface area contributed by atoms with Crippen molar-refractivity contribution in [3.8, 4) is 0 Å². The Morgan fingerprint density at radius 3 is 1.76 bits per heavy atom. The molecule has 0 fully saturated rings. The first-order valence-electron chi connectivity index (χ1n) is 11.0. The highest BCUT2D eigenvalue weighted by Gasteiger charge is 2.27. The normalized spacial score (nSPS) is 13.0. The third kappa shape index (κ3) is 7.87. The van der Waals surface area contributed by atoms with Crippen LogP contribution in [0.2, 0.25) is 0 Å². The van der Waals surface area contributed by atoms with Gasteiger partial charge in [-0.3, -0.25) is 13.6 Å². The van der Waals surface area contributed by atoms with Gasteiger partial charge in [-0.1, -0.05) is 79.7 Å². The largest absolute Gasteiger partial charge is 0.475 e. The second-order valence-corrected chi connectivity index (χ2v) is 11.6. The molecule has 0 aliphatic carbocycles. The molecule has 0 unspecified atom stereocenters. The van der Waals surface area contributed by atoms with Gasteiger partial charge in [-0.05, 0) is 35.2 Å². The summed E-state index contributed by atoms with van der Waals surface area (Å²) >= 11 is 0. The first-order valence-corrected chi connectivity index (χ1v) is 14.1. The lowest BCUT2D eigenvalue weighted by Crippen LogP contribution is -2.14. The highest BCUT2D eigenvalue weighted by atomic mass is 32.2. The number of hydrogen-bond donors (Lipinski definition) is 1. The van der Waals surface area contributed by atoms with Gasteiger partial charge >= 0.3 is 7.82 Å². The molecule has 0 saturated carbocycles. The fourth-order valence-electron chi connectivity index (χ4n) is 3.11. The minimum atomic E-state index is -3.87. The Balaban J connectivity index is 1.60. The molecule has 0 amide bonds. The average molecular weight is 504 g/mol. The standard InChI is InChI=1S/C25H30NO6PS/c1-2-34(28,29)24-15-13-23(14-16-24)25(26)17-18-30-33(27,31-19-21-9-5-3-6-10-21)32-20-22-11-7-4-8-12-22/h3-16,25H,2,17-20,26H2,1H3/t25-/m0/s1. The van der Waals surface area contributed by atoms with E-state index in [-0.39, 0.29) is 30.5 Å². The van der Waals surface area contributed by atoms with Crippen LogP contribution in [0.3, 0.4) is 0 Å². The number of rotatable bonds is 13. The highest BCUT2D eigenvalue weighted by molar-refractivity contribution is 7.91. The van der Waals surface area contributed by atoms with Crippen molar-refractivity contribution < 1.29 is 26.6 Å². The molecule has 182 valence electrons. The predicted molar refractivity (Wildman–Crippen MR) is 132 cm³/mol. The van der Waals surface area contributed by atoms with E-state index < -0.39 is 23.7 Å². The van der Waals surface area contributed by atoms with Crippen LogP contribution in [0.25, 0.3) is 0 Å². The van der Waals surface area contributed by atoms with Crippen molar-refractivity contribution in [2.75, 3.05) is 12.4 Å². The molecule has 0 spiro atoms. The van der Waals surface area contributed by atoms with Crippen LogP contribution in [0.5, 0.6) is 0 Å². The van der Waals surface area contributed by atoms with E-state index in [9.17, 15) is 13.0 Å². The van der Waals surface area contributed by atoms with Gasteiger partial charge in [0, 0.05) is 6.04 Å². The Bertz CT molecular complexity index is 1120. The minimum Gasteiger partial charge on any atom is -0.324 e. The lowest BCUT2D eigenvalue weighted by atomic mass is 10.1. The molecule has 7 nitrogen and oxygen atoms in total. The Morgan fingerprint density at radius 1 is 0.794 bits per heavy atom. The zero-order chi connectivity index (χ0) is 24.4. The lowest BCUT2D eigenvalue weighted by molar-refractivity contribution is 0.101. The SMILES string of the molecule is CCS(=O)(=O)c1ccc([C@@H](N)CCOP(=O)(OCc2ccccc2)OCc2ccccc2)cc1. The van der Waals surface area contributed by atoms with Crippen LogP contribution in [0.4, 0.5) is 0 Å². The van der Waals surface area contributed by atoms with Crippen molar-refractivity contribution in [1.29, 1.82) is 0 Å². The van der Waals surface area contributed by atoms with Gasteiger partial charge in [-0.15, -0.1) is 0 Å². The maximum atomic E-state index is 13.3. The molecule has 0 aliphatic heterocycles. The molecule has 0 heterocycles. The van der Waals surface area contributed by atoms with E-state index in [0.29, 0.717) is 6.42 Å². The van der Waals surface area contributed by atoms with Crippen molar-refractivity contribution in [3.63, 3.8) is 0 Å². The van der Waals surface area contributed by atoms with Crippen LogP contribution in [0.15, 0.2) is 89.8 Å². The topological polar surface area (TPSA) is 105 Å². The van der Waals surface area contributed by atoms with Crippen molar-refractivity contribution in [2.24, 2.45) is 5.73 Å². The van der Waals surface area contributed by atoms with Crippen LogP contribution >= 0.6 is 7.82 Å². The van der Waals surface area contributed by atoms with Crippen LogP contribution in [-0.4, -0.2) is 20.8 Å². The highest BCUT2D eigenvalue weighted by Crippen LogP contribution is 2.51. The smallest absolute Gasteiger partial charge is 0.324 e. The van der Waals surface area contributed by atoms with Gasteiger partial charge in [0.1, 0.15) is 0 Å². The van der Waals surface area contributed by atoms with E-state index >= 15 is 0 Å². The monoisotopic (exact) mass is 503 g/mol. The van der Waals surface area contributed by atoms with Gasteiger partial charge in [0.2, 0.25) is 0 Å². The molecule has 0 aliphatic rings. The molecule has 0 bridgehead atoms. The summed E-state index contributed by atoms with van der Waals surface area (Å²) in [5.41, 5.74) is 8.68. The van der Waals surface area contributed by atoms with Crippen LogP contribution in [0, 0.1) is 0 Å². The maximum Gasteiger partial charge on any atom is 0.475 e. The van der Waals surface area contributed by atoms with Crippen molar-refractivity contribution in [3.05, 3.63) is 102 Å². The van der Waals surface area contributed by atoms with Gasteiger partial charge < -0.3 is 5.73 Å². The Kier molecular flexibility index (Phi) is 9.59. The summed E-state index contributed by atoms with van der Waals surface area (Å²) in [6.07, 6.45) is 0.341. The molecule has 3 aromatic carbocycles. The van der Waals surface area contributed by atoms with E-state index in [1.807, 2.05) is 60.7 Å². The van der Waals surface area contributed by atoms with Crippen molar-refractivity contribution in [1.82, 2.24) is 0 Å². The molecule has 3 aromatic rings. The van der Waals surface area contributed by atoms with E-state index in [1.54, 1.807) is 31.2 Å². The number of phosphoric ester groups is 1. The van der Waals surface area contributed by atoms with Crippen LogP contribution in [0.1, 0.15) is 36.1 Å². The number of phosphoric acid groups is 1. The number of benzene rings is 3. The number of sulfone groups is 1. The van der Waals surface area contributed by atoms with Crippen molar-refractivity contribution in [2.45, 2.75) is 37.5 Å². The zero-order valence-corrected chi connectivity index (χ0v) is 20.8. The lowest BCUT2D eigenvalue weighted by Gasteiger charge is -2.20. The molecule has 3 rings (SSSR count). The molecule has 1 atom stereocenters. The molecule has 9 heteroatoms. The van der Waals surface area contributed by atoms with E-state index in [2.05, 4.69) is 0 Å². The molecule has 0 radical (unpaired) electrons. The molecule has 2 N–H and O–H groups in total. The Hall–Kier alpha value is -2.32. The summed E-state index contributed by atoms with van der Waals surface area (Å²) in [6, 6.07) is 24.7. The van der Waals surface area contributed by atoms with Gasteiger partial charge in [-0.25, -0.2) is 13.0 Å². The summed E-state index contributed by atoms with van der Waals surface area (Å²) in [5.74, 6) is 0.0352. The zero-order valence-electron chi connectivity index (χ0n) is 19.1. The van der Waals surface area contributed by atoms with Gasteiger partial charge in [0.15, 0.2) is 9.84 Å². The third-order valence-corrected chi connectivity index (χ3v) is 8.33. The Labute approximate surface area is 201 Å². The summed E-state index contributed by atoms with van der Waals surface area (Å²) in [5, 5.41) is 0. The summed E-state index contributed by atoms with van der Waals surface area (Å²) in [6.45, 7) is 1.79. The van der Waals surface area contributed by atoms with Crippen LogP contribution < -0.4 is 5.73 Å². The summed E-state index contributed by atoms with van der Waals surface area (Å²) < 4.78 is 54.0. The molecular formula is C25H30NO6PS. The fraction of sp³-hybridized carbons (Fsp3) is 0.280. The van der Waals surface area contributed by atoms with Crippen molar-refractivity contribution >= 4 is 17.7 Å². The number of nitrogens with two attached hydrogens (primary N) is 1. The summed E-state index contributed by atoms with van der Waals surface area (Å²) in [4.78, 5) is 0.260.